The van der Waals surface area contributed by atoms with Crippen molar-refractivity contribution in [2.75, 3.05) is 0 Å². The van der Waals surface area contributed by atoms with Crippen molar-refractivity contribution in [2.45, 2.75) is 252 Å². The van der Waals surface area contributed by atoms with Gasteiger partial charge in [0.1, 0.15) is 5.58 Å². The van der Waals surface area contributed by atoms with E-state index in [2.05, 4.69) is 178 Å². The Kier molecular flexibility index (Phi) is 26.9. The van der Waals surface area contributed by atoms with Crippen LogP contribution in [0.2, 0.25) is 54.4 Å². The summed E-state index contributed by atoms with van der Waals surface area (Å²) in [7, 11) is -7.00. The third-order valence-electron chi connectivity index (χ3n) is 16.8. The first-order valence-electron chi connectivity index (χ1n) is 30.3. The van der Waals surface area contributed by atoms with Gasteiger partial charge in [-0.05, 0) is 41.9 Å². The number of furan rings is 1. The summed E-state index contributed by atoms with van der Waals surface area (Å²) >= 11 is 0. The van der Waals surface area contributed by atoms with E-state index in [1.807, 2.05) is 6.26 Å². The topological polar surface area (TPSA) is 16.4 Å². The lowest BCUT2D eigenvalue weighted by Crippen LogP contribution is -2.48. The fraction of sp³-hybridized carbons (Fsp3) is 0.600. The van der Waals surface area contributed by atoms with Crippen LogP contribution in [-0.2, 0) is 0 Å². The third-order valence-corrected chi connectivity index (χ3v) is 39.3. The zero-order chi connectivity index (χ0) is 51.8. The highest BCUT2D eigenvalue weighted by molar-refractivity contribution is 7.85. The van der Waals surface area contributed by atoms with Gasteiger partial charge in [-0.25, -0.2) is 4.44 Å². The molecule has 0 fully saturated rings. The van der Waals surface area contributed by atoms with Crippen LogP contribution in [0.15, 0.2) is 108 Å². The van der Waals surface area contributed by atoms with Crippen LogP contribution < -0.4 is 36.8 Å². The van der Waals surface area contributed by atoms with Gasteiger partial charge in [0, 0.05) is 32.9 Å². The first-order chi connectivity index (χ1) is 35.1. The van der Waals surface area contributed by atoms with E-state index in [9.17, 15) is 0 Å². The molecule has 0 amide bonds. The Bertz CT molecular complexity index is 2080. The van der Waals surface area contributed by atoms with E-state index < -0.39 is 40.4 Å². The van der Waals surface area contributed by atoms with E-state index in [4.69, 9.17) is 4.42 Å². The third kappa shape index (κ3) is 15.7. The highest BCUT2D eigenvalue weighted by Crippen LogP contribution is 2.57. The summed E-state index contributed by atoms with van der Waals surface area (Å²) in [5.41, 5.74) is 1.06. The molecule has 0 bridgehead atoms. The van der Waals surface area contributed by atoms with Crippen molar-refractivity contribution in [3.8, 4) is 0 Å². The number of hydrogen-bond donors (Lipinski definition) is 0. The van der Waals surface area contributed by atoms with Crippen LogP contribution in [0.25, 0.3) is 11.0 Å². The number of nitrogens with zero attached hydrogens (tertiary/aromatic N) is 1. The first kappa shape index (κ1) is 60.8. The average Bonchev–Trinajstić information content (AvgIpc) is 3.91. The molecule has 2 nitrogen and oxygen atoms in total. The van der Waals surface area contributed by atoms with Crippen LogP contribution in [0, 0.1) is 0 Å². The van der Waals surface area contributed by atoms with Gasteiger partial charge in [-0.3, -0.25) is 0 Å². The van der Waals surface area contributed by atoms with Crippen LogP contribution in [0.5, 0.6) is 0 Å². The van der Waals surface area contributed by atoms with Crippen LogP contribution >= 0.6 is 16.1 Å². The summed E-state index contributed by atoms with van der Waals surface area (Å²) in [6.07, 6.45) is 25.8. The maximum Gasteiger partial charge on any atom is 0.143 e. The SMILES string of the molecule is CCCC[Si](CCCC)(CCCC)c1ccc(P(c2ccc([Si](CCCC)(CCCC)CCCC)cc2)N(C(C)C)P(c2ccc([Si](CCCC)(CCCC)CCCC)cc2)c2cccc3ccoc23)cc1. The van der Waals surface area contributed by atoms with Gasteiger partial charge in [-0.2, -0.15) is 0 Å². The number of hydrogen-bond acceptors (Lipinski definition) is 2. The van der Waals surface area contributed by atoms with Crippen molar-refractivity contribution in [3.05, 3.63) is 103 Å². The summed E-state index contributed by atoms with van der Waals surface area (Å²) in [5, 5.41) is 12.2. The largest absolute Gasteiger partial charge is 0.464 e. The van der Waals surface area contributed by atoms with E-state index in [0.717, 1.165) is 5.58 Å². The van der Waals surface area contributed by atoms with Gasteiger partial charge in [-0.15, -0.1) is 0 Å². The van der Waals surface area contributed by atoms with E-state index in [-0.39, 0.29) is 6.04 Å². The minimum absolute atomic E-state index is 0.290. The summed E-state index contributed by atoms with van der Waals surface area (Å²) in [6, 6.07) is 54.2. The molecule has 7 heteroatoms. The maximum absolute atomic E-state index is 6.60. The molecule has 0 aliphatic heterocycles. The number of benzene rings is 4. The quantitative estimate of drug-likeness (QED) is 0.0291. The molecule has 0 aliphatic carbocycles. The second-order valence-corrected chi connectivity index (χ2v) is 40.9. The van der Waals surface area contributed by atoms with Gasteiger partial charge in [0.25, 0.3) is 0 Å². The standard InChI is InChI=1S/C65H105NOP2Si3/c1-12-21-47-70(48-22-13-2,49-23-14-3)61-39-33-58(34-40-61)68(59-35-41-62(42-36-59)71(50-24-15-4,51-25-16-5)52-26-17-6)66(56(10)11)69(64-32-30-31-57-45-46-67-65(57)64)60-37-43-63(44-38-60)72(53-27-18-7,54-28-19-8)55-29-20-9/h30-46,56H,12-29,47-55H2,1-11H3. The number of rotatable bonds is 37. The van der Waals surface area contributed by atoms with Crippen molar-refractivity contribution in [2.24, 2.45) is 0 Å². The van der Waals surface area contributed by atoms with Crippen LogP contribution in [0.3, 0.4) is 0 Å². The van der Waals surface area contributed by atoms with Crippen molar-refractivity contribution < 1.29 is 4.42 Å². The Morgan fingerprint density at radius 3 is 0.944 bits per heavy atom. The normalized spacial score (nSPS) is 13.1. The molecule has 1 heterocycles. The molecule has 0 spiro atoms. The lowest BCUT2D eigenvalue weighted by molar-refractivity contribution is 0.582. The molecule has 1 aromatic heterocycles. The molecule has 4 aromatic carbocycles. The van der Waals surface area contributed by atoms with Crippen LogP contribution in [0.1, 0.15) is 192 Å². The van der Waals surface area contributed by atoms with Gasteiger partial charge in [0.05, 0.1) is 30.5 Å². The Hall–Kier alpha value is -2.11. The van der Waals surface area contributed by atoms with Gasteiger partial charge in [0.15, 0.2) is 0 Å². The van der Waals surface area contributed by atoms with E-state index in [1.54, 1.807) is 15.6 Å². The highest BCUT2D eigenvalue weighted by atomic mass is 31.2. The summed E-state index contributed by atoms with van der Waals surface area (Å²) < 4.78 is 9.63. The Labute approximate surface area is 449 Å². The zero-order valence-corrected chi connectivity index (χ0v) is 53.0. The fourth-order valence-electron chi connectivity index (χ4n) is 12.4. The first-order valence-corrected chi connectivity index (χ1v) is 40.7. The van der Waals surface area contributed by atoms with E-state index in [0.29, 0.717) is 0 Å². The summed E-state index contributed by atoms with van der Waals surface area (Å²) in [4.78, 5) is 0. The van der Waals surface area contributed by atoms with Crippen molar-refractivity contribution >= 4 is 88.1 Å². The molecule has 398 valence electrons. The summed E-state index contributed by atoms with van der Waals surface area (Å²) in [5.74, 6) is 0. The maximum atomic E-state index is 6.60. The minimum Gasteiger partial charge on any atom is -0.464 e. The molecule has 0 aliphatic rings. The molecule has 1 unspecified atom stereocenters. The van der Waals surface area contributed by atoms with E-state index >= 15 is 0 Å². The van der Waals surface area contributed by atoms with Crippen molar-refractivity contribution in [3.63, 3.8) is 0 Å². The lowest BCUT2D eigenvalue weighted by atomic mass is 10.3. The predicted octanol–water partition coefficient (Wildman–Crippen LogP) is 18.7. The molecule has 72 heavy (non-hydrogen) atoms. The Balaban J connectivity index is 1.80. The molecule has 0 N–H and O–H groups in total. The zero-order valence-electron chi connectivity index (χ0n) is 48.2. The fourth-order valence-corrected chi connectivity index (χ4v) is 35.4. The molecular formula is C65H105NOP2Si3. The second kappa shape index (κ2) is 31.8. The van der Waals surface area contributed by atoms with Gasteiger partial charge < -0.3 is 4.42 Å². The van der Waals surface area contributed by atoms with Gasteiger partial charge in [0.2, 0.25) is 0 Å². The predicted molar refractivity (Wildman–Crippen MR) is 338 cm³/mol. The van der Waals surface area contributed by atoms with Crippen LogP contribution in [0.4, 0.5) is 0 Å². The molecule has 1 atom stereocenters. The monoisotopic (exact) mass is 1060 g/mol. The minimum atomic E-state index is -1.69. The van der Waals surface area contributed by atoms with Gasteiger partial charge in [-0.1, -0.05) is 333 Å². The smallest absolute Gasteiger partial charge is 0.143 e. The Morgan fingerprint density at radius 2 is 0.667 bits per heavy atom. The Morgan fingerprint density at radius 1 is 0.375 bits per heavy atom. The van der Waals surface area contributed by atoms with Crippen molar-refractivity contribution in [1.82, 2.24) is 4.44 Å². The molecular weight excluding hydrogens is 957 g/mol. The molecule has 5 rings (SSSR count). The molecule has 5 aromatic rings. The number of fused-ring (bicyclic) bond motifs is 1. The van der Waals surface area contributed by atoms with E-state index in [1.165, 1.54) is 197 Å². The molecule has 0 saturated heterocycles. The highest BCUT2D eigenvalue weighted by Gasteiger charge is 2.39. The summed E-state index contributed by atoms with van der Waals surface area (Å²) in [6.45, 7) is 26.6. The number of para-hydroxylation sites is 1. The lowest BCUT2D eigenvalue weighted by Gasteiger charge is -2.42. The van der Waals surface area contributed by atoms with Gasteiger partial charge >= 0.3 is 0 Å². The van der Waals surface area contributed by atoms with Crippen LogP contribution in [-0.4, -0.2) is 34.7 Å². The average molecular weight is 1060 g/mol. The molecule has 0 radical (unpaired) electrons. The molecule has 0 saturated carbocycles. The van der Waals surface area contributed by atoms with Crippen molar-refractivity contribution in [1.29, 1.82) is 0 Å². The number of unbranched alkanes of at least 4 members (excludes halogenated alkanes) is 9. The second-order valence-electron chi connectivity index (χ2n) is 22.6.